The average molecular weight is 279 g/mol. The number of carbonyl (C=O) groups excluding carboxylic acids is 1. The molecule has 112 valence electrons. The van der Waals surface area contributed by atoms with Crippen molar-refractivity contribution in [1.82, 2.24) is 20.2 Å². The molecule has 2 heterocycles. The van der Waals surface area contributed by atoms with Crippen molar-refractivity contribution in [2.75, 3.05) is 13.1 Å². The van der Waals surface area contributed by atoms with E-state index >= 15 is 0 Å². The van der Waals surface area contributed by atoms with Gasteiger partial charge >= 0.3 is 0 Å². The van der Waals surface area contributed by atoms with Crippen LogP contribution in [0.4, 0.5) is 0 Å². The van der Waals surface area contributed by atoms with Gasteiger partial charge in [0.1, 0.15) is 5.82 Å². The van der Waals surface area contributed by atoms with E-state index in [1.54, 1.807) is 0 Å². The second-order valence-electron chi connectivity index (χ2n) is 5.44. The van der Waals surface area contributed by atoms with Crippen LogP contribution in [0.15, 0.2) is 0 Å². The van der Waals surface area contributed by atoms with Crippen molar-refractivity contribution < 1.29 is 4.79 Å². The molecule has 6 nitrogen and oxygen atoms in total. The molecule has 1 aliphatic heterocycles. The molecule has 0 spiro atoms. The molecular formula is C14H25N5O. The van der Waals surface area contributed by atoms with E-state index in [4.69, 9.17) is 5.73 Å². The van der Waals surface area contributed by atoms with Gasteiger partial charge in [0.05, 0.1) is 11.7 Å². The van der Waals surface area contributed by atoms with Crippen molar-refractivity contribution in [3.63, 3.8) is 0 Å². The number of aromatic nitrogens is 2. The molecule has 0 unspecified atom stereocenters. The van der Waals surface area contributed by atoms with Crippen molar-refractivity contribution in [3.05, 3.63) is 17.2 Å². The maximum Gasteiger partial charge on any atom is 0.237 e. The predicted octanol–water partition coefficient (Wildman–Crippen LogP) is 0.318. The Morgan fingerprint density at radius 1 is 1.55 bits per heavy atom. The first-order valence-corrected chi connectivity index (χ1v) is 7.36. The number of H-pyrrole nitrogens is 1. The molecule has 4 N–H and O–H groups in total. The highest BCUT2D eigenvalue weighted by molar-refractivity contribution is 5.82. The van der Waals surface area contributed by atoms with Crippen molar-refractivity contribution in [3.8, 4) is 0 Å². The van der Waals surface area contributed by atoms with Gasteiger partial charge in [-0.15, -0.1) is 0 Å². The summed E-state index contributed by atoms with van der Waals surface area (Å²) in [7, 11) is 0. The lowest BCUT2D eigenvalue weighted by Crippen LogP contribution is -2.42. The third kappa shape index (κ3) is 3.19. The molecule has 2 atom stereocenters. The van der Waals surface area contributed by atoms with Crippen molar-refractivity contribution in [2.45, 2.75) is 52.2 Å². The van der Waals surface area contributed by atoms with Crippen LogP contribution in [0.1, 0.15) is 37.5 Å². The van der Waals surface area contributed by atoms with E-state index in [0.717, 1.165) is 36.6 Å². The molecule has 1 aromatic heterocycles. The molecule has 0 aromatic carbocycles. The zero-order valence-electron chi connectivity index (χ0n) is 12.6. The van der Waals surface area contributed by atoms with E-state index in [2.05, 4.69) is 27.1 Å². The fourth-order valence-corrected chi connectivity index (χ4v) is 2.76. The largest absolute Gasteiger partial charge is 0.355 e. The number of rotatable bonds is 5. The molecule has 0 bridgehead atoms. The summed E-state index contributed by atoms with van der Waals surface area (Å²) in [5.74, 6) is 1.07. The van der Waals surface area contributed by atoms with Gasteiger partial charge in [-0.05, 0) is 20.3 Å². The molecule has 0 radical (unpaired) electrons. The molecule has 1 fully saturated rings. The molecule has 1 aromatic rings. The van der Waals surface area contributed by atoms with Gasteiger partial charge in [0.25, 0.3) is 0 Å². The fourth-order valence-electron chi connectivity index (χ4n) is 2.76. The van der Waals surface area contributed by atoms with Gasteiger partial charge in [0.15, 0.2) is 0 Å². The molecule has 1 saturated heterocycles. The first-order chi connectivity index (χ1) is 9.55. The van der Waals surface area contributed by atoms with Crippen LogP contribution in [0, 0.1) is 6.92 Å². The summed E-state index contributed by atoms with van der Waals surface area (Å²) < 4.78 is 0. The van der Waals surface area contributed by atoms with Crippen LogP contribution < -0.4 is 11.1 Å². The number of amides is 1. The Bertz CT molecular complexity index is 470. The van der Waals surface area contributed by atoms with Gasteiger partial charge in [-0.1, -0.05) is 6.92 Å². The molecule has 6 heteroatoms. The monoisotopic (exact) mass is 279 g/mol. The summed E-state index contributed by atoms with van der Waals surface area (Å²) in [6.45, 7) is 8.11. The van der Waals surface area contributed by atoms with Gasteiger partial charge in [-0.3, -0.25) is 9.69 Å². The van der Waals surface area contributed by atoms with Crippen LogP contribution in [-0.4, -0.2) is 45.9 Å². The number of aryl methyl sites for hydroxylation is 2. The number of nitrogens with zero attached hydrogens (tertiary/aromatic N) is 2. The van der Waals surface area contributed by atoms with E-state index in [1.165, 1.54) is 0 Å². The Kier molecular flexibility index (Phi) is 4.77. The highest BCUT2D eigenvalue weighted by Gasteiger charge is 2.35. The Morgan fingerprint density at radius 3 is 2.90 bits per heavy atom. The number of hydrogen-bond acceptors (Lipinski definition) is 4. The standard InChI is InChI=1S/C14H25N5O/c1-4-13-17-9(3)11(18-13)8-19-7-10(15)6-12(19)14(20)16-5-2/h10,12H,4-8,15H2,1-3H3,(H,16,20)(H,17,18)/t10-,12+/m1/s1. The Labute approximate surface area is 120 Å². The van der Waals surface area contributed by atoms with E-state index in [-0.39, 0.29) is 18.0 Å². The van der Waals surface area contributed by atoms with E-state index in [0.29, 0.717) is 13.1 Å². The number of nitrogens with one attached hydrogen (secondary N) is 2. The van der Waals surface area contributed by atoms with Crippen molar-refractivity contribution in [2.24, 2.45) is 5.73 Å². The topological polar surface area (TPSA) is 87.0 Å². The van der Waals surface area contributed by atoms with Crippen LogP contribution in [0.5, 0.6) is 0 Å². The number of imidazole rings is 1. The molecular weight excluding hydrogens is 254 g/mol. The Morgan fingerprint density at radius 2 is 2.30 bits per heavy atom. The van der Waals surface area contributed by atoms with Crippen LogP contribution in [0.3, 0.4) is 0 Å². The van der Waals surface area contributed by atoms with Crippen molar-refractivity contribution >= 4 is 5.91 Å². The smallest absolute Gasteiger partial charge is 0.237 e. The van der Waals surface area contributed by atoms with Crippen molar-refractivity contribution in [1.29, 1.82) is 0 Å². The highest BCUT2D eigenvalue weighted by Crippen LogP contribution is 2.20. The zero-order chi connectivity index (χ0) is 14.7. The molecule has 1 amide bonds. The summed E-state index contributed by atoms with van der Waals surface area (Å²) >= 11 is 0. The third-order valence-corrected chi connectivity index (χ3v) is 3.81. The molecule has 1 aliphatic rings. The lowest BCUT2D eigenvalue weighted by molar-refractivity contribution is -0.125. The zero-order valence-corrected chi connectivity index (χ0v) is 12.6. The summed E-state index contributed by atoms with van der Waals surface area (Å²) in [4.78, 5) is 22.1. The molecule has 2 rings (SSSR count). The quantitative estimate of drug-likeness (QED) is 0.724. The van der Waals surface area contributed by atoms with E-state index < -0.39 is 0 Å². The first kappa shape index (κ1) is 15.0. The van der Waals surface area contributed by atoms with Gasteiger partial charge in [0, 0.05) is 37.8 Å². The summed E-state index contributed by atoms with van der Waals surface area (Å²) in [5.41, 5.74) is 8.12. The van der Waals surface area contributed by atoms with Gasteiger partial charge in [-0.25, -0.2) is 4.98 Å². The first-order valence-electron chi connectivity index (χ1n) is 7.36. The van der Waals surface area contributed by atoms with Crippen LogP contribution in [-0.2, 0) is 17.8 Å². The lowest BCUT2D eigenvalue weighted by Gasteiger charge is -2.22. The van der Waals surface area contributed by atoms with Gasteiger partial charge < -0.3 is 16.0 Å². The summed E-state index contributed by atoms with van der Waals surface area (Å²) in [6, 6.07) is -0.0707. The summed E-state index contributed by atoms with van der Waals surface area (Å²) in [6.07, 6.45) is 1.61. The molecule has 0 aliphatic carbocycles. The highest BCUT2D eigenvalue weighted by atomic mass is 16.2. The predicted molar refractivity (Wildman–Crippen MR) is 78.2 cm³/mol. The second-order valence-corrected chi connectivity index (χ2v) is 5.44. The number of likely N-dealkylation sites (tertiary alicyclic amines) is 1. The number of carbonyl (C=O) groups is 1. The number of hydrogen-bond donors (Lipinski definition) is 3. The molecule has 0 saturated carbocycles. The Balaban J connectivity index is 2.09. The van der Waals surface area contributed by atoms with Gasteiger partial charge in [0.2, 0.25) is 5.91 Å². The van der Waals surface area contributed by atoms with Gasteiger partial charge in [-0.2, -0.15) is 0 Å². The van der Waals surface area contributed by atoms with Crippen LogP contribution in [0.2, 0.25) is 0 Å². The third-order valence-electron chi connectivity index (χ3n) is 3.81. The van der Waals surface area contributed by atoms with Crippen LogP contribution in [0.25, 0.3) is 0 Å². The average Bonchev–Trinajstić information content (AvgIpc) is 2.94. The SMILES string of the molecule is CCNC(=O)[C@@H]1C[C@@H](N)CN1Cc1nc(CC)[nH]c1C. The number of nitrogens with two attached hydrogens (primary N) is 1. The lowest BCUT2D eigenvalue weighted by atomic mass is 10.1. The maximum absolute atomic E-state index is 12.1. The van der Waals surface area contributed by atoms with Crippen LogP contribution >= 0.6 is 0 Å². The number of likely N-dealkylation sites (N-methyl/N-ethyl adjacent to an activating group) is 1. The minimum atomic E-state index is -0.133. The van der Waals surface area contributed by atoms with E-state index in [9.17, 15) is 4.79 Å². The minimum absolute atomic E-state index is 0.0625. The Hall–Kier alpha value is -1.40. The fraction of sp³-hybridized carbons (Fsp3) is 0.714. The minimum Gasteiger partial charge on any atom is -0.355 e. The van der Waals surface area contributed by atoms with E-state index in [1.807, 2.05) is 13.8 Å². The normalized spacial score (nSPS) is 23.2. The number of aromatic amines is 1. The maximum atomic E-state index is 12.1. The molecule has 20 heavy (non-hydrogen) atoms. The second kappa shape index (κ2) is 6.37. The summed E-state index contributed by atoms with van der Waals surface area (Å²) in [5, 5.41) is 2.89.